The van der Waals surface area contributed by atoms with Gasteiger partial charge < -0.3 is 9.47 Å². The lowest BCUT2D eigenvalue weighted by Gasteiger charge is -2.32. The first-order valence-corrected chi connectivity index (χ1v) is 8.58. The number of piperidine rings is 1. The van der Waals surface area contributed by atoms with Gasteiger partial charge in [0.25, 0.3) is 0 Å². The second-order valence-electron chi connectivity index (χ2n) is 6.37. The van der Waals surface area contributed by atoms with E-state index in [1.54, 1.807) is 32.5 Å². The summed E-state index contributed by atoms with van der Waals surface area (Å²) in [5.41, 5.74) is 1.87. The van der Waals surface area contributed by atoms with E-state index >= 15 is 0 Å². The predicted octanol–water partition coefficient (Wildman–Crippen LogP) is 3.19. The van der Waals surface area contributed by atoms with Gasteiger partial charge in [0.05, 0.1) is 14.2 Å². The van der Waals surface area contributed by atoms with Crippen molar-refractivity contribution in [2.45, 2.75) is 19.4 Å². The Hall–Kier alpha value is -2.40. The highest BCUT2D eigenvalue weighted by Gasteiger charge is 2.27. The van der Waals surface area contributed by atoms with E-state index in [1.807, 2.05) is 18.3 Å². The molecule has 3 rings (SSSR count). The first-order chi connectivity index (χ1) is 12.2. The number of ketones is 1. The second-order valence-corrected chi connectivity index (χ2v) is 6.37. The predicted molar refractivity (Wildman–Crippen MR) is 96.1 cm³/mol. The number of likely N-dealkylation sites (tertiary alicyclic amines) is 1. The maximum Gasteiger partial charge on any atom is 0.167 e. The van der Waals surface area contributed by atoms with Gasteiger partial charge in [0.2, 0.25) is 0 Å². The van der Waals surface area contributed by atoms with Crippen molar-refractivity contribution in [2.24, 2.45) is 5.92 Å². The number of benzene rings is 1. The van der Waals surface area contributed by atoms with Crippen LogP contribution in [0.4, 0.5) is 0 Å². The molecule has 25 heavy (non-hydrogen) atoms. The van der Waals surface area contributed by atoms with E-state index in [9.17, 15) is 4.79 Å². The van der Waals surface area contributed by atoms with Crippen LogP contribution in [0.15, 0.2) is 42.7 Å². The molecule has 1 saturated heterocycles. The molecular formula is C20H24N2O3. The Morgan fingerprint density at radius 1 is 1.24 bits per heavy atom. The standard InChI is InChI=1S/C20H24N2O3/c1-24-18-8-7-16(11-19(18)25-2)20(23)17-6-4-10-22(14-17)13-15-5-3-9-21-12-15/h3,5,7-9,11-12,17H,4,6,10,13-14H2,1-2H3/t17-/m0/s1. The van der Waals surface area contributed by atoms with E-state index in [1.165, 1.54) is 5.56 Å². The zero-order valence-corrected chi connectivity index (χ0v) is 14.8. The molecule has 0 amide bonds. The number of hydrogen-bond donors (Lipinski definition) is 0. The van der Waals surface area contributed by atoms with E-state index in [-0.39, 0.29) is 11.7 Å². The van der Waals surface area contributed by atoms with Crippen molar-refractivity contribution in [3.05, 3.63) is 53.9 Å². The van der Waals surface area contributed by atoms with Crippen LogP contribution in [-0.4, -0.2) is 43.0 Å². The van der Waals surface area contributed by atoms with E-state index in [2.05, 4.69) is 16.0 Å². The molecule has 0 N–H and O–H groups in total. The summed E-state index contributed by atoms with van der Waals surface area (Å²) in [6, 6.07) is 9.42. The molecule has 2 heterocycles. The Bertz CT molecular complexity index is 718. The third-order valence-electron chi connectivity index (χ3n) is 4.67. The number of Topliss-reactive ketones (excluding diaryl/α,β-unsaturated/α-hetero) is 1. The first-order valence-electron chi connectivity index (χ1n) is 8.58. The lowest BCUT2D eigenvalue weighted by Crippen LogP contribution is -2.38. The van der Waals surface area contributed by atoms with Crippen LogP contribution in [0.2, 0.25) is 0 Å². The van der Waals surface area contributed by atoms with Crippen molar-refractivity contribution in [1.29, 1.82) is 0 Å². The quantitative estimate of drug-likeness (QED) is 0.756. The molecule has 0 spiro atoms. The number of nitrogens with zero attached hydrogens (tertiary/aromatic N) is 2. The Balaban J connectivity index is 1.69. The van der Waals surface area contributed by atoms with Crippen LogP contribution in [0.1, 0.15) is 28.8 Å². The van der Waals surface area contributed by atoms with Crippen LogP contribution in [0.25, 0.3) is 0 Å². The average molecular weight is 340 g/mol. The van der Waals surface area contributed by atoms with Crippen molar-refractivity contribution >= 4 is 5.78 Å². The van der Waals surface area contributed by atoms with Gasteiger partial charge in [-0.2, -0.15) is 0 Å². The molecule has 5 nitrogen and oxygen atoms in total. The molecular weight excluding hydrogens is 316 g/mol. The summed E-state index contributed by atoms with van der Waals surface area (Å²) >= 11 is 0. The fourth-order valence-electron chi connectivity index (χ4n) is 3.39. The first kappa shape index (κ1) is 17.4. The number of ether oxygens (including phenoxy) is 2. The average Bonchev–Trinajstić information content (AvgIpc) is 2.68. The minimum Gasteiger partial charge on any atom is -0.493 e. The van der Waals surface area contributed by atoms with E-state index in [0.717, 1.165) is 32.5 Å². The number of aromatic nitrogens is 1. The van der Waals surface area contributed by atoms with Gasteiger partial charge in [-0.3, -0.25) is 14.7 Å². The van der Waals surface area contributed by atoms with Gasteiger partial charge in [0.15, 0.2) is 17.3 Å². The van der Waals surface area contributed by atoms with Crippen LogP contribution in [0.3, 0.4) is 0 Å². The van der Waals surface area contributed by atoms with Crippen molar-refractivity contribution in [3.8, 4) is 11.5 Å². The molecule has 2 aromatic rings. The van der Waals surface area contributed by atoms with Gasteiger partial charge in [-0.05, 0) is 49.2 Å². The SMILES string of the molecule is COc1ccc(C(=O)[C@H]2CCCN(Cc3cccnc3)C2)cc1OC. The molecule has 0 aliphatic carbocycles. The summed E-state index contributed by atoms with van der Waals surface area (Å²) in [6.07, 6.45) is 5.63. The fourth-order valence-corrected chi connectivity index (χ4v) is 3.39. The molecule has 0 saturated carbocycles. The molecule has 132 valence electrons. The van der Waals surface area contributed by atoms with Crippen LogP contribution >= 0.6 is 0 Å². The zero-order chi connectivity index (χ0) is 17.6. The van der Waals surface area contributed by atoms with Crippen molar-refractivity contribution in [2.75, 3.05) is 27.3 Å². The molecule has 0 bridgehead atoms. The molecule has 1 fully saturated rings. The topological polar surface area (TPSA) is 51.7 Å². The molecule has 5 heteroatoms. The minimum atomic E-state index is 0.0172. The number of hydrogen-bond acceptors (Lipinski definition) is 5. The number of pyridine rings is 1. The summed E-state index contributed by atoms with van der Waals surface area (Å²) in [7, 11) is 3.18. The summed E-state index contributed by atoms with van der Waals surface area (Å²) < 4.78 is 10.6. The van der Waals surface area contributed by atoms with Crippen molar-refractivity contribution in [1.82, 2.24) is 9.88 Å². The van der Waals surface area contributed by atoms with Crippen LogP contribution in [0.5, 0.6) is 11.5 Å². The maximum atomic E-state index is 12.9. The highest BCUT2D eigenvalue weighted by molar-refractivity contribution is 5.98. The number of methoxy groups -OCH3 is 2. The summed E-state index contributed by atoms with van der Waals surface area (Å²) in [5, 5.41) is 0. The number of carbonyl (C=O) groups excluding carboxylic acids is 1. The molecule has 1 aromatic heterocycles. The summed E-state index contributed by atoms with van der Waals surface area (Å²) in [5.74, 6) is 1.43. The van der Waals surface area contributed by atoms with Gasteiger partial charge in [0, 0.05) is 37.0 Å². The number of carbonyl (C=O) groups is 1. The highest BCUT2D eigenvalue weighted by Crippen LogP contribution is 2.30. The van der Waals surface area contributed by atoms with Crippen LogP contribution in [0, 0.1) is 5.92 Å². The van der Waals surface area contributed by atoms with Gasteiger partial charge >= 0.3 is 0 Å². The minimum absolute atomic E-state index is 0.0172. The van der Waals surface area contributed by atoms with Crippen molar-refractivity contribution < 1.29 is 14.3 Å². The smallest absolute Gasteiger partial charge is 0.167 e. The molecule has 1 atom stereocenters. The molecule has 1 aliphatic rings. The zero-order valence-electron chi connectivity index (χ0n) is 14.8. The van der Waals surface area contributed by atoms with Crippen molar-refractivity contribution in [3.63, 3.8) is 0 Å². The van der Waals surface area contributed by atoms with Gasteiger partial charge in [-0.1, -0.05) is 6.07 Å². The third-order valence-corrected chi connectivity index (χ3v) is 4.67. The summed E-state index contributed by atoms with van der Waals surface area (Å²) in [4.78, 5) is 19.4. The van der Waals surface area contributed by atoms with Gasteiger partial charge in [0.1, 0.15) is 0 Å². The monoisotopic (exact) mass is 340 g/mol. The lowest BCUT2D eigenvalue weighted by molar-refractivity contribution is 0.0811. The van der Waals surface area contributed by atoms with E-state index < -0.39 is 0 Å². The lowest BCUT2D eigenvalue weighted by atomic mass is 9.89. The normalized spacial score (nSPS) is 17.9. The largest absolute Gasteiger partial charge is 0.493 e. The van der Waals surface area contributed by atoms with E-state index in [4.69, 9.17) is 9.47 Å². The second kappa shape index (κ2) is 8.12. The Morgan fingerprint density at radius 3 is 2.80 bits per heavy atom. The molecule has 1 aromatic carbocycles. The van der Waals surface area contributed by atoms with Crippen LogP contribution in [-0.2, 0) is 6.54 Å². The molecule has 0 unspecified atom stereocenters. The van der Waals surface area contributed by atoms with Gasteiger partial charge in [-0.25, -0.2) is 0 Å². The van der Waals surface area contributed by atoms with Gasteiger partial charge in [-0.15, -0.1) is 0 Å². The number of rotatable bonds is 6. The molecule has 1 aliphatic heterocycles. The Kier molecular flexibility index (Phi) is 5.66. The maximum absolute atomic E-state index is 12.9. The third kappa shape index (κ3) is 4.17. The highest BCUT2D eigenvalue weighted by atomic mass is 16.5. The van der Waals surface area contributed by atoms with E-state index in [0.29, 0.717) is 17.1 Å². The molecule has 0 radical (unpaired) electrons. The Morgan fingerprint density at radius 2 is 2.08 bits per heavy atom. The summed E-state index contributed by atoms with van der Waals surface area (Å²) in [6.45, 7) is 2.64. The Labute approximate surface area is 148 Å². The fraction of sp³-hybridized carbons (Fsp3) is 0.400. The van der Waals surface area contributed by atoms with Crippen LogP contribution < -0.4 is 9.47 Å².